The Kier molecular flexibility index (Phi) is 4.45. The average molecular weight is 330 g/mol. The first-order valence-corrected chi connectivity index (χ1v) is 10.9. The lowest BCUT2D eigenvalue weighted by Gasteiger charge is -2.38. The zero-order valence-corrected chi connectivity index (χ0v) is 15.8. The molecular weight excluding hydrogens is 300 g/mol. The van der Waals surface area contributed by atoms with Crippen LogP contribution in [0.4, 0.5) is 0 Å². The predicted molar refractivity (Wildman–Crippen MR) is 87.0 cm³/mol. The monoisotopic (exact) mass is 330 g/mol. The molecule has 2 aliphatic rings. The fraction of sp³-hybridized carbons (Fsp3) is 0.875. The molecule has 0 radical (unpaired) electrons. The zero-order valence-electron chi connectivity index (χ0n) is 14.8. The molecule has 1 aliphatic heterocycles. The highest BCUT2D eigenvalue weighted by Crippen LogP contribution is 2.43. The van der Waals surface area contributed by atoms with E-state index in [0.29, 0.717) is 18.6 Å². The summed E-state index contributed by atoms with van der Waals surface area (Å²) in [4.78, 5) is 0. The van der Waals surface area contributed by atoms with Gasteiger partial charge in [0.1, 0.15) is 12.2 Å². The largest absolute Gasteiger partial charge is 0.542 e. The van der Waals surface area contributed by atoms with Gasteiger partial charge in [0.25, 0.3) is 0 Å². The van der Waals surface area contributed by atoms with Crippen molar-refractivity contribution in [2.24, 2.45) is 0 Å². The van der Waals surface area contributed by atoms with Crippen LogP contribution < -0.4 is 0 Å². The van der Waals surface area contributed by atoms with E-state index in [4.69, 9.17) is 13.9 Å². The SMILES string of the molecule is CC1(C)O[C@H]2CC[C@H](O)C(O)=C(O[Si](C)(C)C(C)(C)C)[C@@H]2O1. The Morgan fingerprint density at radius 2 is 1.77 bits per heavy atom. The van der Waals surface area contributed by atoms with Gasteiger partial charge in [-0.3, -0.25) is 0 Å². The molecule has 6 heteroatoms. The van der Waals surface area contributed by atoms with Gasteiger partial charge in [-0.05, 0) is 44.8 Å². The standard InChI is InChI=1S/C16H30O5Si/c1-15(2,3)22(6,7)21-14-12(18)10(17)8-9-11-13(14)20-16(4,5)19-11/h10-11,13,17-18H,8-9H2,1-7H3/t10-,11-,13+/m0/s1. The third-order valence-corrected chi connectivity index (χ3v) is 9.25. The first kappa shape index (κ1) is 17.8. The lowest BCUT2D eigenvalue weighted by molar-refractivity contribution is -0.147. The summed E-state index contributed by atoms with van der Waals surface area (Å²) < 4.78 is 18.2. The minimum atomic E-state index is -2.16. The van der Waals surface area contributed by atoms with Crippen LogP contribution in [0.3, 0.4) is 0 Å². The van der Waals surface area contributed by atoms with E-state index in [2.05, 4.69) is 33.9 Å². The van der Waals surface area contributed by atoms with Crippen molar-refractivity contribution in [2.45, 2.75) is 89.7 Å². The second-order valence-electron chi connectivity index (χ2n) is 8.30. The number of aliphatic hydroxyl groups excluding tert-OH is 2. The smallest absolute Gasteiger partial charge is 0.250 e. The van der Waals surface area contributed by atoms with Crippen LogP contribution in [0.15, 0.2) is 11.5 Å². The van der Waals surface area contributed by atoms with Crippen LogP contribution in [0.2, 0.25) is 18.1 Å². The Morgan fingerprint density at radius 3 is 2.32 bits per heavy atom. The van der Waals surface area contributed by atoms with Gasteiger partial charge in [0.15, 0.2) is 17.3 Å². The van der Waals surface area contributed by atoms with E-state index < -0.39 is 26.3 Å². The second-order valence-corrected chi connectivity index (χ2v) is 13.0. The van der Waals surface area contributed by atoms with Gasteiger partial charge in [0.05, 0.1) is 6.10 Å². The first-order chi connectivity index (χ1) is 9.84. The molecule has 0 saturated carbocycles. The lowest BCUT2D eigenvalue weighted by atomic mass is 10.1. The molecule has 3 atom stereocenters. The number of ether oxygens (including phenoxy) is 2. The number of hydrogen-bond acceptors (Lipinski definition) is 5. The Hall–Kier alpha value is -0.563. The maximum atomic E-state index is 10.5. The number of fused-ring (bicyclic) bond motifs is 1. The first-order valence-electron chi connectivity index (χ1n) is 8.00. The molecule has 2 N–H and O–H groups in total. The maximum absolute atomic E-state index is 10.5. The van der Waals surface area contributed by atoms with E-state index in [1.165, 1.54) is 0 Å². The van der Waals surface area contributed by atoms with E-state index in [0.717, 1.165) is 0 Å². The minimum Gasteiger partial charge on any atom is -0.542 e. The normalized spacial score (nSPS) is 32.6. The van der Waals surface area contributed by atoms with Gasteiger partial charge < -0.3 is 24.1 Å². The summed E-state index contributed by atoms with van der Waals surface area (Å²) in [6, 6.07) is 0. The van der Waals surface area contributed by atoms with Gasteiger partial charge in [-0.2, -0.15) is 0 Å². The summed E-state index contributed by atoms with van der Waals surface area (Å²) >= 11 is 0. The molecule has 0 aromatic heterocycles. The van der Waals surface area contributed by atoms with Crippen LogP contribution in [0.25, 0.3) is 0 Å². The van der Waals surface area contributed by atoms with Gasteiger partial charge in [0, 0.05) is 0 Å². The van der Waals surface area contributed by atoms with Crippen LogP contribution in [0.5, 0.6) is 0 Å². The molecular formula is C16H30O5Si. The molecule has 0 unspecified atom stereocenters. The topological polar surface area (TPSA) is 68.2 Å². The van der Waals surface area contributed by atoms with Crippen molar-refractivity contribution in [2.75, 3.05) is 0 Å². The molecule has 0 spiro atoms. The van der Waals surface area contributed by atoms with Crippen LogP contribution in [-0.4, -0.2) is 42.6 Å². The second kappa shape index (κ2) is 5.51. The van der Waals surface area contributed by atoms with Crippen LogP contribution in [-0.2, 0) is 13.9 Å². The predicted octanol–water partition coefficient (Wildman–Crippen LogP) is 3.45. The third-order valence-electron chi connectivity index (χ3n) is 4.91. The molecule has 128 valence electrons. The Labute approximate surface area is 134 Å². The number of aliphatic hydroxyl groups is 2. The molecule has 2 rings (SSSR count). The van der Waals surface area contributed by atoms with Gasteiger partial charge >= 0.3 is 0 Å². The van der Waals surface area contributed by atoms with Crippen molar-refractivity contribution in [3.8, 4) is 0 Å². The molecule has 0 aromatic carbocycles. The molecule has 1 saturated heterocycles. The Morgan fingerprint density at radius 1 is 1.18 bits per heavy atom. The minimum absolute atomic E-state index is 0.0119. The zero-order chi connectivity index (χ0) is 16.9. The highest BCUT2D eigenvalue weighted by atomic mass is 28.4. The summed E-state index contributed by atoms with van der Waals surface area (Å²) in [6.07, 6.45) is -0.503. The van der Waals surface area contributed by atoms with Crippen molar-refractivity contribution < 1.29 is 24.1 Å². The molecule has 1 fully saturated rings. The number of hydrogen-bond donors (Lipinski definition) is 2. The fourth-order valence-corrected chi connectivity index (χ4v) is 3.65. The van der Waals surface area contributed by atoms with E-state index in [9.17, 15) is 10.2 Å². The highest BCUT2D eigenvalue weighted by molar-refractivity contribution is 6.74. The van der Waals surface area contributed by atoms with Crippen LogP contribution >= 0.6 is 0 Å². The Balaban J connectivity index is 2.37. The van der Waals surface area contributed by atoms with Gasteiger partial charge in [0.2, 0.25) is 8.32 Å². The highest BCUT2D eigenvalue weighted by Gasteiger charge is 2.50. The van der Waals surface area contributed by atoms with Crippen LogP contribution in [0, 0.1) is 0 Å². The Bertz CT molecular complexity index is 464. The van der Waals surface area contributed by atoms with E-state index in [-0.39, 0.29) is 16.9 Å². The van der Waals surface area contributed by atoms with Gasteiger partial charge in [-0.25, -0.2) is 0 Å². The summed E-state index contributed by atoms with van der Waals surface area (Å²) in [5.41, 5.74) is 0. The summed E-state index contributed by atoms with van der Waals surface area (Å²) in [5.74, 6) is -0.439. The molecule has 0 amide bonds. The quantitative estimate of drug-likeness (QED) is 0.759. The summed E-state index contributed by atoms with van der Waals surface area (Å²) in [6.45, 7) is 14.4. The maximum Gasteiger partial charge on any atom is 0.250 e. The molecule has 5 nitrogen and oxygen atoms in total. The average Bonchev–Trinajstić information content (AvgIpc) is 2.61. The molecule has 1 heterocycles. The van der Waals surface area contributed by atoms with Gasteiger partial charge in [-0.15, -0.1) is 0 Å². The molecule has 0 bridgehead atoms. The van der Waals surface area contributed by atoms with Crippen molar-refractivity contribution in [1.82, 2.24) is 0 Å². The van der Waals surface area contributed by atoms with E-state index >= 15 is 0 Å². The van der Waals surface area contributed by atoms with E-state index in [1.54, 1.807) is 0 Å². The lowest BCUT2D eigenvalue weighted by Crippen LogP contribution is -2.43. The summed E-state index contributed by atoms with van der Waals surface area (Å²) in [5, 5.41) is 20.6. The van der Waals surface area contributed by atoms with Crippen molar-refractivity contribution in [1.29, 1.82) is 0 Å². The third kappa shape index (κ3) is 3.35. The van der Waals surface area contributed by atoms with Crippen LogP contribution in [0.1, 0.15) is 47.5 Å². The number of rotatable bonds is 2. The van der Waals surface area contributed by atoms with Crippen molar-refractivity contribution >= 4 is 8.32 Å². The molecule has 0 aromatic rings. The summed E-state index contributed by atoms with van der Waals surface area (Å²) in [7, 11) is -2.16. The molecule has 22 heavy (non-hydrogen) atoms. The van der Waals surface area contributed by atoms with E-state index in [1.807, 2.05) is 13.8 Å². The van der Waals surface area contributed by atoms with Gasteiger partial charge in [-0.1, -0.05) is 20.8 Å². The fourth-order valence-electron chi connectivity index (χ4n) is 2.58. The van der Waals surface area contributed by atoms with Crippen molar-refractivity contribution in [3.05, 3.63) is 11.5 Å². The molecule has 1 aliphatic carbocycles. The van der Waals surface area contributed by atoms with Crippen molar-refractivity contribution in [3.63, 3.8) is 0 Å².